The molecule has 0 saturated carbocycles. The molecule has 3 heterocycles. The fourth-order valence-electron chi connectivity index (χ4n) is 7.05. The number of methoxy groups -OCH3 is 1. The minimum atomic E-state index is -1.49. The van der Waals surface area contributed by atoms with Crippen molar-refractivity contribution in [2.75, 3.05) is 12.4 Å². The van der Waals surface area contributed by atoms with Gasteiger partial charge < -0.3 is 15.0 Å². The highest BCUT2D eigenvalue weighted by Crippen LogP contribution is 2.62. The van der Waals surface area contributed by atoms with E-state index in [1.54, 1.807) is 41.4 Å². The Labute approximate surface area is 246 Å². The number of nitro groups is 1. The molecule has 4 atom stereocenters. The van der Waals surface area contributed by atoms with Crippen LogP contribution in [0.5, 0.6) is 5.75 Å². The molecule has 1 N–H and O–H groups in total. The molecule has 1 saturated heterocycles. The smallest absolute Gasteiger partial charge is 0.270 e. The van der Waals surface area contributed by atoms with Crippen molar-refractivity contribution in [1.82, 2.24) is 4.90 Å². The van der Waals surface area contributed by atoms with E-state index >= 15 is 0 Å². The fourth-order valence-corrected chi connectivity index (χ4v) is 7.05. The first kappa shape index (κ1) is 26.3. The minimum absolute atomic E-state index is 0.0847. The zero-order chi connectivity index (χ0) is 29.9. The molecule has 7 rings (SSSR count). The van der Waals surface area contributed by atoms with Crippen LogP contribution >= 0.6 is 0 Å². The van der Waals surface area contributed by atoms with E-state index in [9.17, 15) is 24.5 Å². The number of nitrogens with one attached hydrogen (secondary N) is 1. The third-order valence-electron chi connectivity index (χ3n) is 8.84. The number of ketones is 2. The number of nitro benzene ring substituents is 1. The van der Waals surface area contributed by atoms with E-state index in [1.165, 1.54) is 31.4 Å². The number of carbonyl (C=O) groups excluding carboxylic acids is 3. The Morgan fingerprint density at radius 2 is 1.65 bits per heavy atom. The maximum atomic E-state index is 14.8. The summed E-state index contributed by atoms with van der Waals surface area (Å²) in [5.41, 5.74) is 1.56. The van der Waals surface area contributed by atoms with Crippen LogP contribution in [0.25, 0.3) is 6.08 Å². The third kappa shape index (κ3) is 3.74. The quantitative estimate of drug-likeness (QED) is 0.182. The van der Waals surface area contributed by atoms with Crippen LogP contribution in [-0.4, -0.2) is 40.4 Å². The average Bonchev–Trinajstić information content (AvgIpc) is 3.52. The topological polar surface area (TPSA) is 119 Å². The first-order chi connectivity index (χ1) is 20.9. The second-order valence-electron chi connectivity index (χ2n) is 10.9. The minimum Gasteiger partial charge on any atom is -0.497 e. The molecule has 0 aromatic heterocycles. The predicted molar refractivity (Wildman–Crippen MR) is 159 cm³/mol. The Hall–Kier alpha value is -5.57. The van der Waals surface area contributed by atoms with Gasteiger partial charge in [-0.2, -0.15) is 0 Å². The predicted octanol–water partition coefficient (Wildman–Crippen LogP) is 5.59. The number of benzene rings is 4. The zero-order valence-corrected chi connectivity index (χ0v) is 23.0. The highest BCUT2D eigenvalue weighted by atomic mass is 16.6. The Morgan fingerprint density at radius 1 is 0.907 bits per heavy atom. The molecule has 4 aromatic rings. The fraction of sp³-hybridized carbons (Fsp3) is 0.147. The van der Waals surface area contributed by atoms with E-state index in [-0.39, 0.29) is 17.2 Å². The van der Waals surface area contributed by atoms with Gasteiger partial charge in [-0.25, -0.2) is 0 Å². The number of nitrogens with zero attached hydrogens (tertiary/aromatic N) is 2. The number of Topliss-reactive ketones (excluding diaryl/α,β-unsaturated/α-hetero) is 2. The van der Waals surface area contributed by atoms with E-state index in [2.05, 4.69) is 5.32 Å². The maximum Gasteiger partial charge on any atom is 0.270 e. The number of para-hydroxylation sites is 1. The molecule has 0 bridgehead atoms. The molecule has 0 aliphatic carbocycles. The lowest BCUT2D eigenvalue weighted by atomic mass is 9.62. The lowest BCUT2D eigenvalue weighted by molar-refractivity contribution is -0.384. The van der Waals surface area contributed by atoms with Crippen molar-refractivity contribution in [2.24, 2.45) is 5.92 Å². The summed E-state index contributed by atoms with van der Waals surface area (Å²) in [4.78, 5) is 56.7. The van der Waals surface area contributed by atoms with Gasteiger partial charge in [0.2, 0.25) is 5.91 Å². The maximum absolute atomic E-state index is 14.8. The van der Waals surface area contributed by atoms with Crippen molar-refractivity contribution in [3.05, 3.63) is 141 Å². The highest BCUT2D eigenvalue weighted by molar-refractivity contribution is 6.16. The number of amides is 1. The molecule has 9 heteroatoms. The summed E-state index contributed by atoms with van der Waals surface area (Å²) in [6.45, 7) is 0. The molecular formula is C34H25N3O6. The second kappa shape index (κ2) is 9.77. The van der Waals surface area contributed by atoms with Crippen LogP contribution in [0.15, 0.2) is 103 Å². The molecule has 9 nitrogen and oxygen atoms in total. The Balaban J connectivity index is 1.51. The average molecular weight is 572 g/mol. The van der Waals surface area contributed by atoms with Crippen LogP contribution in [0.3, 0.4) is 0 Å². The summed E-state index contributed by atoms with van der Waals surface area (Å²) in [6, 6.07) is 25.1. The largest absolute Gasteiger partial charge is 0.497 e. The number of rotatable bonds is 6. The van der Waals surface area contributed by atoms with E-state index < -0.39 is 39.9 Å². The summed E-state index contributed by atoms with van der Waals surface area (Å²) >= 11 is 0. The molecule has 1 spiro atoms. The summed E-state index contributed by atoms with van der Waals surface area (Å²) in [7, 11) is 1.53. The summed E-state index contributed by atoms with van der Waals surface area (Å²) < 4.78 is 5.29. The number of fused-ring (bicyclic) bond motifs is 6. The van der Waals surface area contributed by atoms with Crippen LogP contribution in [0.2, 0.25) is 0 Å². The van der Waals surface area contributed by atoms with Gasteiger partial charge in [0.25, 0.3) is 5.69 Å². The van der Waals surface area contributed by atoms with Gasteiger partial charge in [-0.05, 0) is 53.1 Å². The van der Waals surface area contributed by atoms with Gasteiger partial charge in [-0.15, -0.1) is 0 Å². The Morgan fingerprint density at radius 3 is 2.42 bits per heavy atom. The van der Waals surface area contributed by atoms with Crippen LogP contribution < -0.4 is 10.1 Å². The number of hydrogen-bond donors (Lipinski definition) is 1. The van der Waals surface area contributed by atoms with Crippen LogP contribution in [-0.2, 0) is 10.2 Å². The highest BCUT2D eigenvalue weighted by Gasteiger charge is 2.70. The van der Waals surface area contributed by atoms with Gasteiger partial charge in [0.05, 0.1) is 24.0 Å². The van der Waals surface area contributed by atoms with E-state index in [0.29, 0.717) is 22.6 Å². The third-order valence-corrected chi connectivity index (χ3v) is 8.84. The van der Waals surface area contributed by atoms with Gasteiger partial charge in [-0.3, -0.25) is 24.5 Å². The van der Waals surface area contributed by atoms with Gasteiger partial charge in [0.1, 0.15) is 17.2 Å². The van der Waals surface area contributed by atoms with Crippen molar-refractivity contribution in [2.45, 2.75) is 17.5 Å². The van der Waals surface area contributed by atoms with Gasteiger partial charge in [-0.1, -0.05) is 54.6 Å². The van der Waals surface area contributed by atoms with Gasteiger partial charge in [0, 0.05) is 35.1 Å². The van der Waals surface area contributed by atoms with Crippen molar-refractivity contribution in [3.63, 3.8) is 0 Å². The van der Waals surface area contributed by atoms with Crippen molar-refractivity contribution >= 4 is 34.9 Å². The Kier molecular flexibility index (Phi) is 5.98. The van der Waals surface area contributed by atoms with Gasteiger partial charge >= 0.3 is 0 Å². The molecule has 212 valence electrons. The lowest BCUT2D eigenvalue weighted by Gasteiger charge is -2.38. The number of ether oxygens (including phenoxy) is 1. The lowest BCUT2D eigenvalue weighted by Crippen LogP contribution is -2.49. The molecule has 0 radical (unpaired) electrons. The zero-order valence-electron chi connectivity index (χ0n) is 23.0. The molecule has 0 unspecified atom stereocenters. The second-order valence-corrected chi connectivity index (χ2v) is 10.9. The number of hydrogen-bond acceptors (Lipinski definition) is 7. The first-order valence-corrected chi connectivity index (χ1v) is 13.8. The molecule has 4 aromatic carbocycles. The normalized spacial score (nSPS) is 22.9. The molecule has 3 aliphatic heterocycles. The number of non-ortho nitro benzene ring substituents is 1. The monoisotopic (exact) mass is 571 g/mol. The van der Waals surface area contributed by atoms with Gasteiger partial charge in [0.15, 0.2) is 11.6 Å². The SMILES string of the molecule is COc1ccc(C(=O)[C@@H]2[C@H](C(=O)c3cccc([N+](=O)[O-])c3)N3C=Cc4ccccc4[C@H]3[C@@]23C(=O)Nc2ccccc23)cc1. The number of anilines is 1. The van der Waals surface area contributed by atoms with Crippen molar-refractivity contribution in [1.29, 1.82) is 0 Å². The standard InChI is InChI=1S/C34H25N3O6/c1-43-24-15-13-21(14-16-24)30(38)28-29(31(39)22-8-6-9-23(19-22)37(41)42)36-18-17-20-7-2-3-10-25(20)32(36)34(28)26-11-4-5-12-27(26)35-33(34)40/h2-19,28-29,32H,1H3,(H,35,40)/t28-,29+,32-,34-/m0/s1. The summed E-state index contributed by atoms with van der Waals surface area (Å²) in [6.07, 6.45) is 3.64. The molecule has 1 fully saturated rings. The molecule has 43 heavy (non-hydrogen) atoms. The summed E-state index contributed by atoms with van der Waals surface area (Å²) in [5, 5.41) is 14.6. The molecule has 1 amide bonds. The summed E-state index contributed by atoms with van der Waals surface area (Å²) in [5.74, 6) is -1.88. The van der Waals surface area contributed by atoms with Crippen molar-refractivity contribution < 1.29 is 24.0 Å². The molecular weight excluding hydrogens is 546 g/mol. The number of carbonyl (C=O) groups is 3. The van der Waals surface area contributed by atoms with E-state index in [0.717, 1.165) is 11.1 Å². The Bertz CT molecular complexity index is 1870. The van der Waals surface area contributed by atoms with E-state index in [1.807, 2.05) is 48.5 Å². The van der Waals surface area contributed by atoms with Crippen LogP contribution in [0.1, 0.15) is 43.4 Å². The van der Waals surface area contributed by atoms with Crippen LogP contribution in [0.4, 0.5) is 11.4 Å². The first-order valence-electron chi connectivity index (χ1n) is 13.8. The van der Waals surface area contributed by atoms with E-state index in [4.69, 9.17) is 4.74 Å². The molecule has 3 aliphatic rings. The van der Waals surface area contributed by atoms with Crippen molar-refractivity contribution in [3.8, 4) is 5.75 Å². The van der Waals surface area contributed by atoms with Crippen LogP contribution in [0, 0.1) is 16.0 Å².